The summed E-state index contributed by atoms with van der Waals surface area (Å²) in [6, 6.07) is 3.97. The Bertz CT molecular complexity index is 978. The molecule has 0 saturated carbocycles. The number of carbonyl (C=O) groups excluding carboxylic acids is 3. The molecular formula is C20H27N5O6S. The van der Waals surface area contributed by atoms with E-state index in [1.54, 1.807) is 6.20 Å². The second-order valence-corrected chi connectivity index (χ2v) is 7.62. The maximum Gasteiger partial charge on any atom is 0.327 e. The molecule has 1 aromatic heterocycles. The zero-order valence-electron chi connectivity index (χ0n) is 17.4. The number of H-pyrrole nitrogens is 1. The van der Waals surface area contributed by atoms with Gasteiger partial charge in [0, 0.05) is 22.9 Å². The molecule has 2 aromatic rings. The van der Waals surface area contributed by atoms with Crippen molar-refractivity contribution in [3.63, 3.8) is 0 Å². The average molecular weight is 466 g/mol. The van der Waals surface area contributed by atoms with Crippen molar-refractivity contribution in [2.24, 2.45) is 5.73 Å². The van der Waals surface area contributed by atoms with Gasteiger partial charge in [0.1, 0.15) is 12.1 Å². The molecule has 4 unspecified atom stereocenters. The first kappa shape index (κ1) is 25.2. The Kier molecular flexibility index (Phi) is 9.05. The number of fused-ring (bicyclic) bond motifs is 1. The number of aromatic amines is 1. The number of carbonyl (C=O) groups is 4. The van der Waals surface area contributed by atoms with Crippen LogP contribution in [-0.4, -0.2) is 75.4 Å². The average Bonchev–Trinajstić information content (AvgIpc) is 3.16. The molecule has 0 bridgehead atoms. The molecule has 0 spiro atoms. The number of nitrogens with two attached hydrogens (primary N) is 1. The topological polar surface area (TPSA) is 187 Å². The van der Waals surface area contributed by atoms with E-state index in [1.807, 2.05) is 24.3 Å². The third kappa shape index (κ3) is 6.70. The van der Waals surface area contributed by atoms with Crippen LogP contribution >= 0.6 is 12.6 Å². The molecule has 2 rings (SSSR count). The second kappa shape index (κ2) is 11.5. The highest BCUT2D eigenvalue weighted by Gasteiger charge is 2.28. The number of para-hydroxylation sites is 1. The lowest BCUT2D eigenvalue weighted by molar-refractivity contribution is -0.141. The minimum atomic E-state index is -1.36. The van der Waals surface area contributed by atoms with Crippen LogP contribution in [0.15, 0.2) is 30.5 Å². The Hall–Kier alpha value is -3.09. The van der Waals surface area contributed by atoms with Crippen molar-refractivity contribution in [3.05, 3.63) is 36.0 Å². The van der Waals surface area contributed by atoms with Crippen LogP contribution < -0.4 is 21.7 Å². The smallest absolute Gasteiger partial charge is 0.327 e. The largest absolute Gasteiger partial charge is 0.480 e. The predicted molar refractivity (Wildman–Crippen MR) is 120 cm³/mol. The molecule has 32 heavy (non-hydrogen) atoms. The number of amides is 3. The molecule has 0 fully saturated rings. The van der Waals surface area contributed by atoms with Crippen molar-refractivity contribution in [3.8, 4) is 0 Å². The van der Waals surface area contributed by atoms with Crippen LogP contribution in [0.3, 0.4) is 0 Å². The third-order valence-electron chi connectivity index (χ3n) is 4.75. The molecule has 8 N–H and O–H groups in total. The van der Waals surface area contributed by atoms with Crippen molar-refractivity contribution in [2.45, 2.75) is 37.6 Å². The fourth-order valence-electron chi connectivity index (χ4n) is 3.00. The number of hydrogen-bond donors (Lipinski definition) is 8. The van der Waals surface area contributed by atoms with Crippen molar-refractivity contribution in [2.75, 3.05) is 12.3 Å². The highest BCUT2D eigenvalue weighted by atomic mass is 32.1. The first-order valence-corrected chi connectivity index (χ1v) is 10.5. The molecule has 0 aliphatic carbocycles. The Morgan fingerprint density at radius 3 is 2.47 bits per heavy atom. The van der Waals surface area contributed by atoms with E-state index in [1.165, 1.54) is 6.92 Å². The van der Waals surface area contributed by atoms with Gasteiger partial charge in [0.25, 0.3) is 0 Å². The SMILES string of the molecule is CC(O)C(NC(=O)C(N)Cc1c[nH]c2ccccc12)C(=O)NCC(=O)NC(CS)C(=O)O. The summed E-state index contributed by atoms with van der Waals surface area (Å²) in [5.41, 5.74) is 7.73. The van der Waals surface area contributed by atoms with E-state index in [9.17, 15) is 24.3 Å². The minimum absolute atomic E-state index is 0.129. The summed E-state index contributed by atoms with van der Waals surface area (Å²) in [4.78, 5) is 50.8. The van der Waals surface area contributed by atoms with Crippen molar-refractivity contribution in [1.82, 2.24) is 20.9 Å². The number of aromatic nitrogens is 1. The molecule has 0 radical (unpaired) electrons. The molecule has 1 aromatic carbocycles. The standard InChI is InChI=1S/C20H27N5O6S/c1-10(26)17(19(29)23-8-16(27)24-15(9-32)20(30)31)25-18(28)13(21)6-11-7-22-14-5-3-2-4-12(11)14/h2-5,7,10,13,15,17,22,26,32H,6,8-9,21H2,1H3,(H,23,29)(H,24,27)(H,25,28)(H,30,31). The number of hydrogen-bond acceptors (Lipinski definition) is 7. The number of carboxylic acid groups (broad SMARTS) is 1. The quantitative estimate of drug-likeness (QED) is 0.186. The van der Waals surface area contributed by atoms with E-state index in [0.717, 1.165) is 16.5 Å². The zero-order chi connectivity index (χ0) is 23.8. The summed E-state index contributed by atoms with van der Waals surface area (Å²) in [5, 5.41) is 26.6. The Balaban J connectivity index is 1.93. The molecule has 0 aliphatic rings. The second-order valence-electron chi connectivity index (χ2n) is 7.26. The van der Waals surface area contributed by atoms with Gasteiger partial charge in [0.2, 0.25) is 17.7 Å². The van der Waals surface area contributed by atoms with Crippen LogP contribution in [0, 0.1) is 0 Å². The number of aliphatic hydroxyl groups excluding tert-OH is 1. The fourth-order valence-corrected chi connectivity index (χ4v) is 3.25. The fraction of sp³-hybridized carbons (Fsp3) is 0.400. The first-order chi connectivity index (χ1) is 15.1. The van der Waals surface area contributed by atoms with Crippen molar-refractivity contribution < 1.29 is 29.4 Å². The van der Waals surface area contributed by atoms with E-state index >= 15 is 0 Å². The number of benzene rings is 1. The third-order valence-corrected chi connectivity index (χ3v) is 5.12. The lowest BCUT2D eigenvalue weighted by atomic mass is 10.0. The number of aliphatic carboxylic acids is 1. The molecule has 0 aliphatic heterocycles. The van der Waals surface area contributed by atoms with Gasteiger partial charge in [0.15, 0.2) is 0 Å². The van der Waals surface area contributed by atoms with E-state index < -0.39 is 54.5 Å². The highest BCUT2D eigenvalue weighted by molar-refractivity contribution is 7.80. The van der Waals surface area contributed by atoms with Gasteiger partial charge in [0.05, 0.1) is 18.7 Å². The van der Waals surface area contributed by atoms with Crippen molar-refractivity contribution >= 4 is 47.2 Å². The van der Waals surface area contributed by atoms with Gasteiger partial charge < -0.3 is 36.9 Å². The summed E-state index contributed by atoms with van der Waals surface area (Å²) in [6.07, 6.45) is 0.684. The lowest BCUT2D eigenvalue weighted by Gasteiger charge is -2.23. The monoisotopic (exact) mass is 465 g/mol. The molecule has 0 saturated heterocycles. The number of rotatable bonds is 11. The van der Waals surface area contributed by atoms with Gasteiger partial charge in [-0.15, -0.1) is 0 Å². The molecule has 11 nitrogen and oxygen atoms in total. The van der Waals surface area contributed by atoms with Crippen molar-refractivity contribution in [1.29, 1.82) is 0 Å². The van der Waals surface area contributed by atoms with E-state index in [2.05, 4.69) is 33.6 Å². The number of nitrogens with one attached hydrogen (secondary N) is 4. The maximum absolute atomic E-state index is 12.5. The summed E-state index contributed by atoms with van der Waals surface area (Å²) >= 11 is 3.83. The lowest BCUT2D eigenvalue weighted by Crippen LogP contribution is -2.57. The van der Waals surface area contributed by atoms with E-state index in [0.29, 0.717) is 0 Å². The number of carboxylic acids is 1. The van der Waals surface area contributed by atoms with Gasteiger partial charge in [-0.1, -0.05) is 18.2 Å². The first-order valence-electron chi connectivity index (χ1n) is 9.83. The van der Waals surface area contributed by atoms with E-state index in [-0.39, 0.29) is 12.2 Å². The Morgan fingerprint density at radius 2 is 1.84 bits per heavy atom. The summed E-state index contributed by atoms with van der Waals surface area (Å²) in [7, 11) is 0. The van der Waals surface area contributed by atoms with Gasteiger partial charge in [-0.05, 0) is 25.0 Å². The minimum Gasteiger partial charge on any atom is -0.480 e. The van der Waals surface area contributed by atoms with Gasteiger partial charge in [-0.3, -0.25) is 14.4 Å². The summed E-state index contributed by atoms with van der Waals surface area (Å²) in [5.74, 6) is -3.62. The normalized spacial score (nSPS) is 14.8. The summed E-state index contributed by atoms with van der Waals surface area (Å²) < 4.78 is 0. The van der Waals surface area contributed by atoms with Gasteiger partial charge in [-0.25, -0.2) is 4.79 Å². The van der Waals surface area contributed by atoms with Crippen LogP contribution in [-0.2, 0) is 25.6 Å². The van der Waals surface area contributed by atoms with Crippen LogP contribution in [0.25, 0.3) is 10.9 Å². The van der Waals surface area contributed by atoms with Crippen LogP contribution in [0.1, 0.15) is 12.5 Å². The molecule has 3 amide bonds. The molecule has 12 heteroatoms. The zero-order valence-corrected chi connectivity index (χ0v) is 18.3. The molecule has 1 heterocycles. The molecule has 4 atom stereocenters. The van der Waals surface area contributed by atoms with Crippen LogP contribution in [0.2, 0.25) is 0 Å². The molecular weight excluding hydrogens is 438 g/mol. The maximum atomic E-state index is 12.5. The number of thiol groups is 1. The molecule has 174 valence electrons. The predicted octanol–water partition coefficient (Wildman–Crippen LogP) is -1.48. The Morgan fingerprint density at radius 1 is 1.16 bits per heavy atom. The van der Waals surface area contributed by atoms with Crippen LogP contribution in [0.4, 0.5) is 0 Å². The Labute approximate surface area is 189 Å². The van der Waals surface area contributed by atoms with Gasteiger partial charge >= 0.3 is 5.97 Å². The van der Waals surface area contributed by atoms with Gasteiger partial charge in [-0.2, -0.15) is 12.6 Å². The van der Waals surface area contributed by atoms with Crippen LogP contribution in [0.5, 0.6) is 0 Å². The highest BCUT2D eigenvalue weighted by Crippen LogP contribution is 2.18. The number of aliphatic hydroxyl groups is 1. The summed E-state index contributed by atoms with van der Waals surface area (Å²) in [6.45, 7) is 0.758. The van der Waals surface area contributed by atoms with E-state index in [4.69, 9.17) is 10.8 Å².